The number of oxime groups is 1. The fourth-order valence-electron chi connectivity index (χ4n) is 2.64. The third kappa shape index (κ3) is 1.59. The van der Waals surface area contributed by atoms with Crippen molar-refractivity contribution in [1.29, 1.82) is 0 Å². The summed E-state index contributed by atoms with van der Waals surface area (Å²) >= 11 is 0. The van der Waals surface area contributed by atoms with Crippen LogP contribution in [0.5, 0.6) is 0 Å². The molecule has 2 heterocycles. The smallest absolute Gasteiger partial charge is 0.163 e. The first kappa shape index (κ1) is 10.8. The predicted octanol–water partition coefficient (Wildman–Crippen LogP) is 2.72. The Kier molecular flexibility index (Phi) is 2.23. The lowest BCUT2D eigenvalue weighted by Crippen LogP contribution is -2.28. The van der Waals surface area contributed by atoms with Crippen molar-refractivity contribution >= 4 is 5.71 Å². The summed E-state index contributed by atoms with van der Waals surface area (Å²) in [6.45, 7) is 0.484. The molecule has 1 saturated heterocycles. The fourth-order valence-corrected chi connectivity index (χ4v) is 2.64. The molecule has 0 bridgehead atoms. The van der Waals surface area contributed by atoms with Crippen LogP contribution in [0.3, 0.4) is 0 Å². The van der Waals surface area contributed by atoms with Crippen molar-refractivity contribution in [2.75, 3.05) is 6.61 Å². The van der Waals surface area contributed by atoms with Crippen LogP contribution in [0.4, 0.5) is 0 Å². The Labute approximate surface area is 111 Å². The SMILES string of the molecule is c1ccc(C2=NOC[C@]3(c4ccccc4)O[C@H]23)cc1. The molecule has 0 saturated carbocycles. The molecule has 0 spiro atoms. The van der Waals surface area contributed by atoms with Gasteiger partial charge in [-0.25, -0.2) is 0 Å². The largest absolute Gasteiger partial charge is 0.392 e. The molecule has 0 radical (unpaired) electrons. The van der Waals surface area contributed by atoms with Gasteiger partial charge < -0.3 is 9.57 Å². The summed E-state index contributed by atoms with van der Waals surface area (Å²) in [4.78, 5) is 5.41. The van der Waals surface area contributed by atoms with Gasteiger partial charge in [0.25, 0.3) is 0 Å². The Balaban J connectivity index is 1.71. The van der Waals surface area contributed by atoms with E-state index in [-0.39, 0.29) is 11.7 Å². The zero-order valence-corrected chi connectivity index (χ0v) is 10.3. The Bertz CT molecular complexity index is 624. The van der Waals surface area contributed by atoms with Gasteiger partial charge in [-0.1, -0.05) is 65.8 Å². The molecule has 3 heteroatoms. The number of hydrogen-bond donors (Lipinski definition) is 0. The van der Waals surface area contributed by atoms with E-state index in [0.29, 0.717) is 6.61 Å². The van der Waals surface area contributed by atoms with Gasteiger partial charge in [-0.05, 0) is 5.56 Å². The summed E-state index contributed by atoms with van der Waals surface area (Å²) in [5.74, 6) is 0. The number of hydrogen-bond acceptors (Lipinski definition) is 3. The molecule has 0 N–H and O–H groups in total. The highest BCUT2D eigenvalue weighted by Crippen LogP contribution is 2.50. The topological polar surface area (TPSA) is 34.1 Å². The van der Waals surface area contributed by atoms with E-state index in [0.717, 1.165) is 16.8 Å². The maximum Gasteiger partial charge on any atom is 0.163 e. The molecule has 0 amide bonds. The van der Waals surface area contributed by atoms with Crippen molar-refractivity contribution in [3.05, 3.63) is 71.8 Å². The maximum absolute atomic E-state index is 5.96. The first-order valence-electron chi connectivity index (χ1n) is 6.39. The second-order valence-corrected chi connectivity index (χ2v) is 4.87. The van der Waals surface area contributed by atoms with Gasteiger partial charge in [0.1, 0.15) is 11.8 Å². The lowest BCUT2D eigenvalue weighted by molar-refractivity contribution is 0.0828. The summed E-state index contributed by atoms with van der Waals surface area (Å²) in [6.07, 6.45) is 0.00560. The van der Waals surface area contributed by atoms with Gasteiger partial charge in [0.05, 0.1) is 0 Å². The Morgan fingerprint density at radius 2 is 1.63 bits per heavy atom. The average molecular weight is 251 g/mol. The second kappa shape index (κ2) is 3.93. The van der Waals surface area contributed by atoms with Crippen LogP contribution < -0.4 is 0 Å². The van der Waals surface area contributed by atoms with Crippen LogP contribution in [0.15, 0.2) is 65.8 Å². The van der Waals surface area contributed by atoms with E-state index in [9.17, 15) is 0 Å². The van der Waals surface area contributed by atoms with Crippen molar-refractivity contribution in [3.63, 3.8) is 0 Å². The summed E-state index contributed by atoms with van der Waals surface area (Å²) in [6, 6.07) is 20.3. The summed E-state index contributed by atoms with van der Waals surface area (Å²) in [5.41, 5.74) is 2.76. The van der Waals surface area contributed by atoms with Gasteiger partial charge in [-0.2, -0.15) is 0 Å². The van der Waals surface area contributed by atoms with E-state index in [4.69, 9.17) is 9.57 Å². The van der Waals surface area contributed by atoms with Gasteiger partial charge in [-0.3, -0.25) is 0 Å². The van der Waals surface area contributed by atoms with Crippen LogP contribution in [0, 0.1) is 0 Å². The van der Waals surface area contributed by atoms with Crippen LogP contribution in [-0.2, 0) is 15.2 Å². The molecule has 94 valence electrons. The van der Waals surface area contributed by atoms with Gasteiger partial charge in [0.2, 0.25) is 0 Å². The molecule has 0 aliphatic carbocycles. The van der Waals surface area contributed by atoms with E-state index in [1.165, 1.54) is 0 Å². The normalized spacial score (nSPS) is 28.0. The van der Waals surface area contributed by atoms with Crippen molar-refractivity contribution < 1.29 is 9.57 Å². The first-order chi connectivity index (χ1) is 9.40. The van der Waals surface area contributed by atoms with Crippen LogP contribution in [0.25, 0.3) is 0 Å². The minimum absolute atomic E-state index is 0.00560. The predicted molar refractivity (Wildman–Crippen MR) is 71.9 cm³/mol. The molecule has 0 aromatic heterocycles. The van der Waals surface area contributed by atoms with E-state index < -0.39 is 0 Å². The van der Waals surface area contributed by atoms with E-state index in [1.807, 2.05) is 48.5 Å². The number of fused-ring (bicyclic) bond motifs is 1. The Morgan fingerprint density at radius 1 is 0.947 bits per heavy atom. The second-order valence-electron chi connectivity index (χ2n) is 4.87. The van der Waals surface area contributed by atoms with E-state index in [1.54, 1.807) is 0 Å². The number of benzene rings is 2. The minimum Gasteiger partial charge on any atom is -0.392 e. The number of epoxide rings is 1. The van der Waals surface area contributed by atoms with Crippen molar-refractivity contribution in [3.8, 4) is 0 Å². The van der Waals surface area contributed by atoms with Crippen molar-refractivity contribution in [1.82, 2.24) is 0 Å². The van der Waals surface area contributed by atoms with E-state index >= 15 is 0 Å². The number of ether oxygens (including phenoxy) is 1. The molecule has 19 heavy (non-hydrogen) atoms. The van der Waals surface area contributed by atoms with Crippen LogP contribution >= 0.6 is 0 Å². The van der Waals surface area contributed by atoms with Crippen LogP contribution in [-0.4, -0.2) is 18.4 Å². The molecule has 2 aliphatic rings. The molecule has 2 aliphatic heterocycles. The average Bonchev–Trinajstić information content (AvgIpc) is 3.25. The molecule has 2 aromatic rings. The monoisotopic (exact) mass is 251 g/mol. The molecular formula is C16H13NO2. The molecule has 0 unspecified atom stereocenters. The fraction of sp³-hybridized carbons (Fsp3) is 0.188. The minimum atomic E-state index is -0.339. The van der Waals surface area contributed by atoms with Gasteiger partial charge in [0, 0.05) is 5.56 Å². The molecule has 3 nitrogen and oxygen atoms in total. The molecule has 2 aromatic carbocycles. The highest BCUT2D eigenvalue weighted by molar-refractivity contribution is 6.06. The number of nitrogens with zero attached hydrogens (tertiary/aromatic N) is 1. The molecule has 1 fully saturated rings. The van der Waals surface area contributed by atoms with Gasteiger partial charge in [0.15, 0.2) is 12.2 Å². The standard InChI is InChI=1S/C16H13NO2/c1-3-7-12(8-4-1)14-15-16(19-15,11-18-17-14)13-9-5-2-6-10-13/h1-10,15H,11H2/t15-,16-/m1/s1. The highest BCUT2D eigenvalue weighted by atomic mass is 16.7. The van der Waals surface area contributed by atoms with Gasteiger partial charge in [-0.15, -0.1) is 0 Å². The number of rotatable bonds is 2. The Morgan fingerprint density at radius 3 is 2.37 bits per heavy atom. The molecule has 4 rings (SSSR count). The van der Waals surface area contributed by atoms with E-state index in [2.05, 4.69) is 17.3 Å². The molecule has 2 atom stereocenters. The van der Waals surface area contributed by atoms with Gasteiger partial charge >= 0.3 is 0 Å². The van der Waals surface area contributed by atoms with Crippen LogP contribution in [0.2, 0.25) is 0 Å². The summed E-state index contributed by atoms with van der Waals surface area (Å²) in [7, 11) is 0. The summed E-state index contributed by atoms with van der Waals surface area (Å²) < 4.78 is 5.96. The summed E-state index contributed by atoms with van der Waals surface area (Å²) in [5, 5.41) is 4.18. The Hall–Kier alpha value is -2.13. The molecular weight excluding hydrogens is 238 g/mol. The zero-order valence-electron chi connectivity index (χ0n) is 10.3. The van der Waals surface area contributed by atoms with Crippen molar-refractivity contribution in [2.45, 2.75) is 11.7 Å². The van der Waals surface area contributed by atoms with Crippen LogP contribution in [0.1, 0.15) is 11.1 Å². The zero-order chi connectivity index (χ0) is 12.7. The third-order valence-corrected chi connectivity index (χ3v) is 3.72. The lowest BCUT2D eigenvalue weighted by Gasteiger charge is -2.17. The maximum atomic E-state index is 5.96. The quantitative estimate of drug-likeness (QED) is 0.769. The third-order valence-electron chi connectivity index (χ3n) is 3.72. The lowest BCUT2D eigenvalue weighted by atomic mass is 9.91. The highest BCUT2D eigenvalue weighted by Gasteiger charge is 2.63. The van der Waals surface area contributed by atoms with Crippen molar-refractivity contribution in [2.24, 2.45) is 5.16 Å². The first-order valence-corrected chi connectivity index (χ1v) is 6.39.